The van der Waals surface area contributed by atoms with E-state index in [1.807, 2.05) is 19.1 Å². The summed E-state index contributed by atoms with van der Waals surface area (Å²) >= 11 is 1.06. The number of carbonyl (C=O) groups excluding carboxylic acids is 1. The molecule has 0 atom stereocenters. The van der Waals surface area contributed by atoms with Crippen LogP contribution in [0.4, 0.5) is 0 Å². The summed E-state index contributed by atoms with van der Waals surface area (Å²) in [7, 11) is -2.33. The van der Waals surface area contributed by atoms with Gasteiger partial charge in [0.1, 0.15) is 5.75 Å². The van der Waals surface area contributed by atoms with E-state index < -0.39 is 10.0 Å². The predicted molar refractivity (Wildman–Crippen MR) is 116 cm³/mol. The van der Waals surface area contributed by atoms with Crippen molar-refractivity contribution in [1.82, 2.24) is 4.90 Å². The zero-order valence-electron chi connectivity index (χ0n) is 16.5. The summed E-state index contributed by atoms with van der Waals surface area (Å²) in [6, 6.07) is 13.9. The van der Waals surface area contributed by atoms with Gasteiger partial charge >= 0.3 is 0 Å². The lowest BCUT2D eigenvalue weighted by molar-refractivity contribution is -0.122. The lowest BCUT2D eigenvalue weighted by atomic mass is 10.2. The quantitative estimate of drug-likeness (QED) is 0.649. The highest BCUT2D eigenvalue weighted by molar-refractivity contribution is 8.19. The van der Waals surface area contributed by atoms with Gasteiger partial charge in [-0.05, 0) is 66.6 Å². The Morgan fingerprint density at radius 1 is 1.07 bits per heavy atom. The number of methoxy groups -OCH3 is 1. The summed E-state index contributed by atoms with van der Waals surface area (Å²) in [5.74, 6) is 0.457. The van der Waals surface area contributed by atoms with Crippen LogP contribution in [0.15, 0.2) is 62.7 Å². The van der Waals surface area contributed by atoms with Crippen molar-refractivity contribution in [2.75, 3.05) is 13.7 Å². The molecule has 1 fully saturated rings. The number of hydrogen-bond donors (Lipinski definition) is 0. The van der Waals surface area contributed by atoms with Crippen molar-refractivity contribution in [3.05, 3.63) is 64.6 Å². The molecule has 2 aromatic rings. The molecule has 152 valence electrons. The second-order valence-corrected chi connectivity index (χ2v) is 8.89. The van der Waals surface area contributed by atoms with Crippen LogP contribution in [0.2, 0.25) is 0 Å². The summed E-state index contributed by atoms with van der Waals surface area (Å²) in [6.45, 7) is 4.11. The normalized spacial score (nSPS) is 17.3. The van der Waals surface area contributed by atoms with Crippen molar-refractivity contribution in [3.63, 3.8) is 0 Å². The number of likely N-dealkylation sites (N-methyl/N-ethyl adjacent to an activating group) is 1. The lowest BCUT2D eigenvalue weighted by Gasteiger charge is -2.12. The molecule has 0 radical (unpaired) electrons. The topological polar surface area (TPSA) is 76.0 Å². The van der Waals surface area contributed by atoms with Gasteiger partial charge in [-0.2, -0.15) is 8.42 Å². The molecule has 0 unspecified atom stereocenters. The molecule has 0 bridgehead atoms. The fraction of sp³-hybridized carbons (Fsp3) is 0.238. The van der Waals surface area contributed by atoms with Crippen molar-refractivity contribution in [2.45, 2.75) is 25.2 Å². The molecule has 0 aromatic heterocycles. The number of thioether (sulfide) groups is 1. The number of sulfonamides is 1. The van der Waals surface area contributed by atoms with E-state index in [1.54, 1.807) is 56.5 Å². The fourth-order valence-electron chi connectivity index (χ4n) is 2.76. The predicted octanol–water partition coefficient (Wildman–Crippen LogP) is 3.94. The highest BCUT2D eigenvalue weighted by atomic mass is 32.2. The SMILES string of the molecule is CCc1ccc(S(=O)(=O)N=C2S/C(=C\c3ccc(OC)cc3)C(=O)N2CC)cc1. The van der Waals surface area contributed by atoms with Gasteiger partial charge in [0.25, 0.3) is 15.9 Å². The third-order valence-corrected chi connectivity index (χ3v) is 6.85. The Balaban J connectivity index is 1.91. The number of aryl methyl sites for hydroxylation is 1. The van der Waals surface area contributed by atoms with Gasteiger partial charge in [0.15, 0.2) is 5.17 Å². The van der Waals surface area contributed by atoms with E-state index in [1.165, 1.54) is 4.90 Å². The first-order valence-electron chi connectivity index (χ1n) is 9.17. The van der Waals surface area contributed by atoms with Crippen molar-refractivity contribution in [2.24, 2.45) is 4.40 Å². The summed E-state index contributed by atoms with van der Waals surface area (Å²) in [4.78, 5) is 14.6. The molecule has 1 heterocycles. The summed E-state index contributed by atoms with van der Waals surface area (Å²) < 4.78 is 34.5. The van der Waals surface area contributed by atoms with Crippen molar-refractivity contribution in [3.8, 4) is 5.75 Å². The Morgan fingerprint density at radius 3 is 2.28 bits per heavy atom. The molecule has 29 heavy (non-hydrogen) atoms. The van der Waals surface area contributed by atoms with Crippen LogP contribution in [0, 0.1) is 0 Å². The Kier molecular flexibility index (Phi) is 6.44. The maximum atomic E-state index is 12.7. The Hall–Kier alpha value is -2.58. The van der Waals surface area contributed by atoms with Gasteiger partial charge in [0.05, 0.1) is 16.9 Å². The molecule has 0 saturated carbocycles. The largest absolute Gasteiger partial charge is 0.497 e. The minimum Gasteiger partial charge on any atom is -0.497 e. The Bertz CT molecular complexity index is 1060. The molecule has 0 spiro atoms. The van der Waals surface area contributed by atoms with Gasteiger partial charge in [-0.3, -0.25) is 9.69 Å². The van der Waals surface area contributed by atoms with Gasteiger partial charge in [-0.1, -0.05) is 31.2 Å². The summed E-state index contributed by atoms with van der Waals surface area (Å²) in [6.07, 6.45) is 2.54. The first-order valence-corrected chi connectivity index (χ1v) is 11.4. The van der Waals surface area contributed by atoms with Crippen LogP contribution < -0.4 is 4.74 Å². The van der Waals surface area contributed by atoms with E-state index in [0.29, 0.717) is 11.4 Å². The zero-order chi connectivity index (χ0) is 21.0. The molecule has 1 aliphatic rings. The molecular formula is C21H22N2O4S2. The molecular weight excluding hydrogens is 408 g/mol. The number of amides is 1. The first kappa shape index (κ1) is 21.1. The van der Waals surface area contributed by atoms with Crippen molar-refractivity contribution < 1.29 is 17.9 Å². The molecule has 0 N–H and O–H groups in total. The molecule has 1 amide bonds. The number of hydrogen-bond acceptors (Lipinski definition) is 5. The van der Waals surface area contributed by atoms with E-state index in [0.717, 1.165) is 35.1 Å². The van der Waals surface area contributed by atoms with Crippen molar-refractivity contribution in [1.29, 1.82) is 0 Å². The smallest absolute Gasteiger partial charge is 0.284 e. The minimum atomic E-state index is -3.91. The average Bonchev–Trinajstić information content (AvgIpc) is 3.02. The van der Waals surface area contributed by atoms with Gasteiger partial charge < -0.3 is 4.74 Å². The van der Waals surface area contributed by atoms with Gasteiger partial charge in [0.2, 0.25) is 0 Å². The monoisotopic (exact) mass is 430 g/mol. The molecule has 2 aromatic carbocycles. The maximum absolute atomic E-state index is 12.7. The van der Waals surface area contributed by atoms with E-state index in [9.17, 15) is 13.2 Å². The molecule has 3 rings (SSSR count). The second-order valence-electron chi connectivity index (χ2n) is 6.28. The molecule has 0 aliphatic carbocycles. The number of ether oxygens (including phenoxy) is 1. The van der Waals surface area contributed by atoms with Crippen molar-refractivity contribution >= 4 is 38.9 Å². The first-order chi connectivity index (χ1) is 13.9. The second kappa shape index (κ2) is 8.84. The maximum Gasteiger partial charge on any atom is 0.284 e. The van der Waals surface area contributed by atoms with Crippen LogP contribution in [-0.4, -0.2) is 38.0 Å². The average molecular weight is 431 g/mol. The highest BCUT2D eigenvalue weighted by Crippen LogP contribution is 2.33. The van der Waals surface area contributed by atoms with Crippen LogP contribution in [0.1, 0.15) is 25.0 Å². The number of benzene rings is 2. The third kappa shape index (κ3) is 4.71. The summed E-state index contributed by atoms with van der Waals surface area (Å²) in [5.41, 5.74) is 1.86. The molecule has 1 aliphatic heterocycles. The van der Waals surface area contributed by atoms with Gasteiger partial charge in [-0.25, -0.2) is 0 Å². The number of amidine groups is 1. The third-order valence-electron chi connectivity index (χ3n) is 4.45. The van der Waals surface area contributed by atoms with Crippen LogP contribution in [0.25, 0.3) is 6.08 Å². The Morgan fingerprint density at radius 2 is 1.72 bits per heavy atom. The fourth-order valence-corrected chi connectivity index (χ4v) is 5.00. The van der Waals surface area contributed by atoms with Gasteiger partial charge in [0, 0.05) is 6.54 Å². The van der Waals surface area contributed by atoms with E-state index in [4.69, 9.17) is 4.74 Å². The minimum absolute atomic E-state index is 0.110. The number of nitrogens with zero attached hydrogens (tertiary/aromatic N) is 2. The number of carbonyl (C=O) groups is 1. The van der Waals surface area contributed by atoms with E-state index in [2.05, 4.69) is 4.40 Å². The summed E-state index contributed by atoms with van der Waals surface area (Å²) in [5, 5.41) is 0.164. The Labute approximate surface area is 175 Å². The van der Waals surface area contributed by atoms with Crippen LogP contribution in [0.3, 0.4) is 0 Å². The van der Waals surface area contributed by atoms with E-state index >= 15 is 0 Å². The lowest BCUT2D eigenvalue weighted by Crippen LogP contribution is -2.29. The van der Waals surface area contributed by atoms with Crippen LogP contribution in [-0.2, 0) is 21.2 Å². The van der Waals surface area contributed by atoms with Gasteiger partial charge in [-0.15, -0.1) is 4.40 Å². The molecule has 6 nitrogen and oxygen atoms in total. The molecule has 1 saturated heterocycles. The number of rotatable bonds is 6. The molecule has 8 heteroatoms. The van der Waals surface area contributed by atoms with Crippen LogP contribution in [0.5, 0.6) is 5.75 Å². The standard InChI is InChI=1S/C21H22N2O4S2/c1-4-15-8-12-18(13-9-15)29(25,26)22-21-23(5-2)20(24)19(28-21)14-16-6-10-17(27-3)11-7-16/h6-14H,4-5H2,1-3H3/b19-14-,22-21?. The zero-order valence-corrected chi connectivity index (χ0v) is 18.1. The van der Waals surface area contributed by atoms with Crippen LogP contribution >= 0.6 is 11.8 Å². The highest BCUT2D eigenvalue weighted by Gasteiger charge is 2.34. The van der Waals surface area contributed by atoms with E-state index in [-0.39, 0.29) is 16.0 Å².